The number of aromatic nitrogens is 2. The van der Waals surface area contributed by atoms with E-state index < -0.39 is 10.0 Å². The SMILES string of the molecule is O=S(=O)([N-]c1nc2ccccc2nc1Nc1ccccc1Cl)c1cccc(Cl)c1. The summed E-state index contributed by atoms with van der Waals surface area (Å²) in [6, 6.07) is 20.0. The lowest BCUT2D eigenvalue weighted by atomic mass is 10.3. The highest BCUT2D eigenvalue weighted by Gasteiger charge is 2.13. The van der Waals surface area contributed by atoms with E-state index in [1.807, 2.05) is 6.07 Å². The molecule has 4 rings (SSSR count). The van der Waals surface area contributed by atoms with Crippen molar-refractivity contribution in [1.82, 2.24) is 9.97 Å². The van der Waals surface area contributed by atoms with E-state index in [0.717, 1.165) is 0 Å². The summed E-state index contributed by atoms with van der Waals surface area (Å²) in [5.74, 6) is 0.0889. The average Bonchev–Trinajstić information content (AvgIpc) is 2.70. The zero-order chi connectivity index (χ0) is 20.4. The molecule has 0 unspecified atom stereocenters. The molecule has 0 radical (unpaired) electrons. The van der Waals surface area contributed by atoms with Crippen molar-refractivity contribution < 1.29 is 8.42 Å². The fourth-order valence-corrected chi connectivity index (χ4v) is 4.05. The minimum atomic E-state index is -4.06. The van der Waals surface area contributed by atoms with Crippen LogP contribution >= 0.6 is 23.2 Å². The minimum absolute atomic E-state index is 0.0383. The second-order valence-electron chi connectivity index (χ2n) is 6.01. The lowest BCUT2D eigenvalue weighted by Crippen LogP contribution is -2.03. The molecule has 0 amide bonds. The second-order valence-corrected chi connectivity index (χ2v) is 8.46. The van der Waals surface area contributed by atoms with Gasteiger partial charge in [0.1, 0.15) is 5.82 Å². The van der Waals surface area contributed by atoms with Crippen LogP contribution in [-0.4, -0.2) is 18.4 Å². The number of sulfonamides is 1. The van der Waals surface area contributed by atoms with Crippen molar-refractivity contribution in [3.05, 3.63) is 87.6 Å². The third kappa shape index (κ3) is 4.27. The maximum atomic E-state index is 12.8. The van der Waals surface area contributed by atoms with Crippen molar-refractivity contribution in [3.63, 3.8) is 0 Å². The summed E-state index contributed by atoms with van der Waals surface area (Å²) in [7, 11) is -4.06. The predicted molar refractivity (Wildman–Crippen MR) is 116 cm³/mol. The highest BCUT2D eigenvalue weighted by molar-refractivity contribution is 7.94. The molecule has 0 aliphatic carbocycles. The second kappa shape index (κ2) is 7.87. The molecule has 29 heavy (non-hydrogen) atoms. The number of halogens is 2. The third-order valence-corrected chi connectivity index (χ3v) is 5.81. The summed E-state index contributed by atoms with van der Waals surface area (Å²) in [4.78, 5) is 8.84. The summed E-state index contributed by atoms with van der Waals surface area (Å²) in [5.41, 5.74) is 1.65. The van der Waals surface area contributed by atoms with Gasteiger partial charge < -0.3 is 15.0 Å². The standard InChI is InChI=1S/C20H13Cl2N4O2S/c21-13-6-5-7-14(12-13)29(27,28)26-20-19(23-16-9-2-1-8-15(16)22)24-17-10-3-4-11-18(17)25-20/h1-12H,(H-,23,24,25,26)/q-1. The molecule has 1 aromatic heterocycles. The molecule has 4 aromatic rings. The Morgan fingerprint density at radius 1 is 0.828 bits per heavy atom. The quantitative estimate of drug-likeness (QED) is 0.404. The molecule has 6 nitrogen and oxygen atoms in total. The van der Waals surface area contributed by atoms with Gasteiger partial charge in [-0.15, -0.1) is 0 Å². The zero-order valence-electron chi connectivity index (χ0n) is 14.8. The first-order valence-corrected chi connectivity index (χ1v) is 10.6. The monoisotopic (exact) mass is 443 g/mol. The number of fused-ring (bicyclic) bond motifs is 1. The molecular weight excluding hydrogens is 431 g/mol. The van der Waals surface area contributed by atoms with Crippen LogP contribution in [0.25, 0.3) is 15.8 Å². The topological polar surface area (TPSA) is 86.1 Å². The van der Waals surface area contributed by atoms with Crippen molar-refractivity contribution in [2.24, 2.45) is 0 Å². The zero-order valence-corrected chi connectivity index (χ0v) is 17.1. The van der Waals surface area contributed by atoms with Crippen molar-refractivity contribution in [1.29, 1.82) is 0 Å². The van der Waals surface area contributed by atoms with E-state index in [9.17, 15) is 8.42 Å². The number of benzene rings is 3. The largest absolute Gasteiger partial charge is 0.431 e. The fourth-order valence-electron chi connectivity index (χ4n) is 2.62. The van der Waals surface area contributed by atoms with Crippen LogP contribution < -0.4 is 5.32 Å². The van der Waals surface area contributed by atoms with E-state index in [0.29, 0.717) is 26.8 Å². The number of anilines is 2. The van der Waals surface area contributed by atoms with E-state index in [2.05, 4.69) is 20.0 Å². The lowest BCUT2D eigenvalue weighted by molar-refractivity contribution is 0.603. The fraction of sp³-hybridized carbons (Fsp3) is 0. The van der Waals surface area contributed by atoms with Gasteiger partial charge in [0.25, 0.3) is 0 Å². The van der Waals surface area contributed by atoms with E-state index in [4.69, 9.17) is 23.2 Å². The van der Waals surface area contributed by atoms with Gasteiger partial charge in [-0.1, -0.05) is 59.6 Å². The van der Waals surface area contributed by atoms with E-state index in [1.54, 1.807) is 54.6 Å². The molecule has 0 saturated carbocycles. The van der Waals surface area contributed by atoms with Crippen LogP contribution in [0.15, 0.2) is 77.7 Å². The van der Waals surface area contributed by atoms with Crippen LogP contribution in [0, 0.1) is 0 Å². The van der Waals surface area contributed by atoms with Crippen LogP contribution in [0.1, 0.15) is 0 Å². The molecule has 0 saturated heterocycles. The van der Waals surface area contributed by atoms with E-state index in [1.165, 1.54) is 12.1 Å². The molecule has 0 spiro atoms. The number of para-hydroxylation sites is 3. The number of hydrogen-bond acceptors (Lipinski definition) is 5. The molecule has 0 bridgehead atoms. The van der Waals surface area contributed by atoms with Crippen LogP contribution in [0.4, 0.5) is 17.3 Å². The summed E-state index contributed by atoms with van der Waals surface area (Å²) < 4.78 is 29.5. The van der Waals surface area contributed by atoms with Gasteiger partial charge in [-0.2, -0.15) is 0 Å². The highest BCUT2D eigenvalue weighted by Crippen LogP contribution is 2.36. The van der Waals surface area contributed by atoms with Crippen molar-refractivity contribution in [2.45, 2.75) is 4.90 Å². The smallest absolute Gasteiger partial charge is 0.202 e. The summed E-state index contributed by atoms with van der Waals surface area (Å²) in [6.07, 6.45) is 0. The summed E-state index contributed by atoms with van der Waals surface area (Å²) >= 11 is 12.1. The summed E-state index contributed by atoms with van der Waals surface area (Å²) in [6.45, 7) is 0. The van der Waals surface area contributed by atoms with Gasteiger partial charge in [0.2, 0.25) is 10.0 Å². The third-order valence-electron chi connectivity index (χ3n) is 3.98. The van der Waals surface area contributed by atoms with E-state index in [-0.39, 0.29) is 16.5 Å². The van der Waals surface area contributed by atoms with Crippen LogP contribution in [0.2, 0.25) is 10.0 Å². The van der Waals surface area contributed by atoms with Gasteiger partial charge >= 0.3 is 0 Å². The number of nitrogens with one attached hydrogen (secondary N) is 1. The average molecular weight is 444 g/mol. The van der Waals surface area contributed by atoms with Crippen molar-refractivity contribution in [3.8, 4) is 0 Å². The Hall–Kier alpha value is -2.87. The maximum absolute atomic E-state index is 12.8. The molecule has 1 heterocycles. The Balaban J connectivity index is 1.80. The molecular formula is C20H13Cl2N4O2S-. The Morgan fingerprint density at radius 3 is 2.24 bits per heavy atom. The Morgan fingerprint density at radius 2 is 1.52 bits per heavy atom. The Kier molecular flexibility index (Phi) is 5.27. The van der Waals surface area contributed by atoms with Crippen LogP contribution in [0.3, 0.4) is 0 Å². The Bertz CT molecular complexity index is 1310. The molecule has 0 fully saturated rings. The molecule has 9 heteroatoms. The molecule has 0 aliphatic heterocycles. The van der Waals surface area contributed by atoms with Crippen LogP contribution in [-0.2, 0) is 10.0 Å². The van der Waals surface area contributed by atoms with E-state index >= 15 is 0 Å². The molecule has 0 atom stereocenters. The van der Waals surface area contributed by atoms with Gasteiger partial charge in [0.05, 0.1) is 21.1 Å². The van der Waals surface area contributed by atoms with Gasteiger partial charge in [-0.3, -0.25) is 0 Å². The first kappa shape index (κ1) is 19.4. The number of rotatable bonds is 5. The van der Waals surface area contributed by atoms with Gasteiger partial charge in [-0.25, -0.2) is 13.4 Å². The maximum Gasteiger partial charge on any atom is 0.202 e. The first-order valence-electron chi connectivity index (χ1n) is 8.44. The molecule has 1 N–H and O–H groups in total. The van der Waals surface area contributed by atoms with Crippen molar-refractivity contribution >= 4 is 61.6 Å². The van der Waals surface area contributed by atoms with Gasteiger partial charge in [0.15, 0.2) is 0 Å². The lowest BCUT2D eigenvalue weighted by Gasteiger charge is -2.21. The van der Waals surface area contributed by atoms with Gasteiger partial charge in [0, 0.05) is 5.02 Å². The normalized spacial score (nSPS) is 11.4. The number of nitrogens with zero attached hydrogens (tertiary/aromatic N) is 3. The first-order chi connectivity index (χ1) is 13.9. The number of hydrogen-bond donors (Lipinski definition) is 1. The van der Waals surface area contributed by atoms with Crippen LogP contribution in [0.5, 0.6) is 0 Å². The predicted octanol–water partition coefficient (Wildman–Crippen LogP) is 6.07. The molecule has 3 aromatic carbocycles. The molecule has 0 aliphatic rings. The van der Waals surface area contributed by atoms with Crippen molar-refractivity contribution in [2.75, 3.05) is 5.32 Å². The van der Waals surface area contributed by atoms with Gasteiger partial charge in [-0.05, 0) is 47.7 Å². The summed E-state index contributed by atoms with van der Waals surface area (Å²) in [5, 5.41) is 3.77. The molecule has 146 valence electrons. The minimum Gasteiger partial charge on any atom is -0.431 e. The highest BCUT2D eigenvalue weighted by atomic mass is 35.5. The Labute approximate surface area is 177 Å².